The highest BCUT2D eigenvalue weighted by Crippen LogP contribution is 2.48. The van der Waals surface area contributed by atoms with Gasteiger partial charge in [0.05, 0.1) is 4.92 Å². The molecule has 0 aliphatic heterocycles. The van der Waals surface area contributed by atoms with Crippen molar-refractivity contribution in [2.75, 3.05) is 23.7 Å². The van der Waals surface area contributed by atoms with Crippen LogP contribution in [0, 0.1) is 15.5 Å². The van der Waals surface area contributed by atoms with E-state index in [0.717, 1.165) is 19.5 Å². The van der Waals surface area contributed by atoms with E-state index < -0.39 is 4.92 Å². The van der Waals surface area contributed by atoms with E-state index in [0.29, 0.717) is 17.1 Å². The minimum absolute atomic E-state index is 0.0357. The summed E-state index contributed by atoms with van der Waals surface area (Å²) in [7, 11) is 0. The Bertz CT molecular complexity index is 472. The topological polar surface area (TPSA) is 80.1 Å². The van der Waals surface area contributed by atoms with E-state index in [1.807, 2.05) is 6.92 Å². The highest BCUT2D eigenvalue weighted by atomic mass is 16.6. The highest BCUT2D eigenvalue weighted by molar-refractivity contribution is 5.60. The predicted octanol–water partition coefficient (Wildman–Crippen LogP) is 3.02. The molecule has 0 amide bonds. The molecule has 0 saturated heterocycles. The second-order valence-corrected chi connectivity index (χ2v) is 5.06. The summed E-state index contributed by atoms with van der Waals surface area (Å²) in [5.41, 5.74) is 0.359. The summed E-state index contributed by atoms with van der Waals surface area (Å²) >= 11 is 0. The molecular weight excluding hydrogens is 244 g/mol. The van der Waals surface area contributed by atoms with Gasteiger partial charge in [-0.15, -0.1) is 0 Å². The second-order valence-electron chi connectivity index (χ2n) is 5.06. The first kappa shape index (κ1) is 13.6. The van der Waals surface area contributed by atoms with Crippen molar-refractivity contribution in [3.05, 3.63) is 22.2 Å². The minimum Gasteiger partial charge on any atom is -0.370 e. The Balaban J connectivity index is 2.15. The van der Waals surface area contributed by atoms with Gasteiger partial charge in [0.2, 0.25) is 5.82 Å². The fraction of sp³-hybridized carbons (Fsp3) is 0.615. The van der Waals surface area contributed by atoms with Crippen LogP contribution in [0.5, 0.6) is 0 Å². The number of nitro groups is 1. The normalized spacial score (nSPS) is 15.9. The summed E-state index contributed by atoms with van der Waals surface area (Å²) in [6.07, 6.45) is 3.48. The van der Waals surface area contributed by atoms with Crippen LogP contribution in [0.3, 0.4) is 0 Å². The van der Waals surface area contributed by atoms with Crippen molar-refractivity contribution in [2.24, 2.45) is 5.41 Å². The van der Waals surface area contributed by atoms with Gasteiger partial charge in [-0.2, -0.15) is 0 Å². The van der Waals surface area contributed by atoms with E-state index in [4.69, 9.17) is 0 Å². The molecule has 6 nitrogen and oxygen atoms in total. The summed E-state index contributed by atoms with van der Waals surface area (Å²) in [5, 5.41) is 17.2. The van der Waals surface area contributed by atoms with Crippen LogP contribution in [-0.2, 0) is 0 Å². The molecule has 0 unspecified atom stereocenters. The van der Waals surface area contributed by atoms with Crippen LogP contribution in [0.1, 0.15) is 33.1 Å². The molecule has 0 aromatic carbocycles. The van der Waals surface area contributed by atoms with Crippen LogP contribution in [0.2, 0.25) is 0 Å². The van der Waals surface area contributed by atoms with Gasteiger partial charge in [-0.25, -0.2) is 4.98 Å². The van der Waals surface area contributed by atoms with Crippen molar-refractivity contribution in [3.8, 4) is 0 Å². The Morgan fingerprint density at radius 3 is 2.63 bits per heavy atom. The Kier molecular flexibility index (Phi) is 3.87. The maximum atomic E-state index is 11.0. The number of nitrogens with zero attached hydrogens (tertiary/aromatic N) is 2. The monoisotopic (exact) mass is 264 g/mol. The lowest BCUT2D eigenvalue weighted by atomic mass is 10.0. The summed E-state index contributed by atoms with van der Waals surface area (Å²) in [5.74, 6) is 1.03. The number of anilines is 2. The van der Waals surface area contributed by atoms with Gasteiger partial charge in [0.15, 0.2) is 0 Å². The fourth-order valence-electron chi connectivity index (χ4n) is 2.11. The maximum Gasteiger partial charge on any atom is 0.311 e. The van der Waals surface area contributed by atoms with E-state index in [2.05, 4.69) is 22.5 Å². The average Bonchev–Trinajstić information content (AvgIpc) is 3.17. The van der Waals surface area contributed by atoms with Gasteiger partial charge in [-0.1, -0.05) is 6.92 Å². The standard InChI is InChI=1S/C13H20N4O2/c1-3-13(7-8-13)9-15-12-10(17(18)19)5-6-11(16-12)14-4-2/h5-6H,3-4,7-9H2,1-2H3,(H2,14,15,16). The molecule has 6 heteroatoms. The molecule has 1 fully saturated rings. The third-order valence-corrected chi connectivity index (χ3v) is 3.77. The molecule has 1 aliphatic carbocycles. The Hall–Kier alpha value is -1.85. The number of pyridine rings is 1. The summed E-state index contributed by atoms with van der Waals surface area (Å²) in [6, 6.07) is 3.14. The van der Waals surface area contributed by atoms with Crippen LogP contribution in [0.15, 0.2) is 12.1 Å². The first-order chi connectivity index (χ1) is 9.10. The van der Waals surface area contributed by atoms with Crippen LogP contribution >= 0.6 is 0 Å². The molecular formula is C13H20N4O2. The SMILES string of the molecule is CCNc1ccc([N+](=O)[O-])c(NCC2(CC)CC2)n1. The number of hydrogen-bond acceptors (Lipinski definition) is 5. The smallest absolute Gasteiger partial charge is 0.311 e. The molecule has 0 radical (unpaired) electrons. The lowest BCUT2D eigenvalue weighted by Gasteiger charge is -2.14. The molecule has 0 bridgehead atoms. The number of aromatic nitrogens is 1. The Labute approximate surface area is 112 Å². The molecule has 1 aliphatic rings. The molecule has 1 saturated carbocycles. The number of rotatable bonds is 7. The van der Waals surface area contributed by atoms with Crippen LogP contribution in [0.4, 0.5) is 17.3 Å². The highest BCUT2D eigenvalue weighted by Gasteiger charge is 2.40. The Morgan fingerprint density at radius 2 is 2.11 bits per heavy atom. The van der Waals surface area contributed by atoms with Gasteiger partial charge in [0.25, 0.3) is 0 Å². The van der Waals surface area contributed by atoms with Crippen molar-refractivity contribution in [3.63, 3.8) is 0 Å². The third-order valence-electron chi connectivity index (χ3n) is 3.77. The first-order valence-electron chi connectivity index (χ1n) is 6.73. The molecule has 2 N–H and O–H groups in total. The summed E-state index contributed by atoms with van der Waals surface area (Å²) in [6.45, 7) is 5.62. The minimum atomic E-state index is -0.392. The van der Waals surface area contributed by atoms with Crippen LogP contribution in [-0.4, -0.2) is 23.0 Å². The largest absolute Gasteiger partial charge is 0.370 e. The van der Waals surface area contributed by atoms with Gasteiger partial charge in [-0.3, -0.25) is 10.1 Å². The lowest BCUT2D eigenvalue weighted by molar-refractivity contribution is -0.384. The summed E-state index contributed by atoms with van der Waals surface area (Å²) in [4.78, 5) is 14.9. The van der Waals surface area contributed by atoms with Crippen LogP contribution < -0.4 is 10.6 Å². The molecule has 19 heavy (non-hydrogen) atoms. The summed E-state index contributed by atoms with van der Waals surface area (Å²) < 4.78 is 0. The van der Waals surface area contributed by atoms with Gasteiger partial charge in [-0.05, 0) is 37.7 Å². The lowest BCUT2D eigenvalue weighted by Crippen LogP contribution is -2.16. The van der Waals surface area contributed by atoms with Gasteiger partial charge in [0, 0.05) is 19.2 Å². The molecule has 1 heterocycles. The van der Waals surface area contributed by atoms with Gasteiger partial charge in [0.1, 0.15) is 5.82 Å². The van der Waals surface area contributed by atoms with E-state index in [-0.39, 0.29) is 5.69 Å². The van der Waals surface area contributed by atoms with Crippen LogP contribution in [0.25, 0.3) is 0 Å². The van der Waals surface area contributed by atoms with Crippen molar-refractivity contribution in [1.29, 1.82) is 0 Å². The van der Waals surface area contributed by atoms with Crippen molar-refractivity contribution < 1.29 is 4.92 Å². The second kappa shape index (κ2) is 5.42. The number of hydrogen-bond donors (Lipinski definition) is 2. The number of nitrogens with one attached hydrogen (secondary N) is 2. The zero-order valence-electron chi connectivity index (χ0n) is 11.4. The molecule has 1 aromatic rings. The van der Waals surface area contributed by atoms with Crippen molar-refractivity contribution >= 4 is 17.3 Å². The van der Waals surface area contributed by atoms with E-state index in [1.165, 1.54) is 18.9 Å². The van der Waals surface area contributed by atoms with E-state index >= 15 is 0 Å². The van der Waals surface area contributed by atoms with Crippen molar-refractivity contribution in [1.82, 2.24) is 4.98 Å². The molecule has 0 atom stereocenters. The van der Waals surface area contributed by atoms with E-state index in [1.54, 1.807) is 6.07 Å². The maximum absolute atomic E-state index is 11.0. The third kappa shape index (κ3) is 3.13. The predicted molar refractivity (Wildman–Crippen MR) is 75.5 cm³/mol. The van der Waals surface area contributed by atoms with Gasteiger partial charge < -0.3 is 10.6 Å². The first-order valence-corrected chi connectivity index (χ1v) is 6.73. The molecule has 2 rings (SSSR count). The van der Waals surface area contributed by atoms with Gasteiger partial charge >= 0.3 is 5.69 Å². The molecule has 0 spiro atoms. The zero-order valence-corrected chi connectivity index (χ0v) is 11.4. The quantitative estimate of drug-likeness (QED) is 0.584. The molecule has 104 valence electrons. The average molecular weight is 264 g/mol. The van der Waals surface area contributed by atoms with Crippen molar-refractivity contribution in [2.45, 2.75) is 33.1 Å². The van der Waals surface area contributed by atoms with E-state index in [9.17, 15) is 10.1 Å². The molecule has 1 aromatic heterocycles. The zero-order chi connectivity index (χ0) is 13.9. The fourth-order valence-corrected chi connectivity index (χ4v) is 2.11. The Morgan fingerprint density at radius 1 is 1.37 bits per heavy atom.